The maximum absolute atomic E-state index is 13.8. The molecule has 0 bridgehead atoms. The van der Waals surface area contributed by atoms with Gasteiger partial charge in [0.1, 0.15) is 0 Å². The molecular formula is C14H19ClFN. The number of halogens is 2. The maximum atomic E-state index is 13.8. The van der Waals surface area contributed by atoms with Gasteiger partial charge in [-0.3, -0.25) is 0 Å². The van der Waals surface area contributed by atoms with Crippen LogP contribution in [0.25, 0.3) is 0 Å². The van der Waals surface area contributed by atoms with Crippen molar-refractivity contribution in [3.05, 3.63) is 29.0 Å². The first-order valence-electron chi connectivity index (χ1n) is 6.18. The van der Waals surface area contributed by atoms with Gasteiger partial charge in [-0.2, -0.15) is 0 Å². The lowest BCUT2D eigenvalue weighted by atomic mass is 9.75. The number of hydrogen-bond acceptors (Lipinski definition) is 1. The van der Waals surface area contributed by atoms with E-state index in [2.05, 4.69) is 19.2 Å². The summed E-state index contributed by atoms with van der Waals surface area (Å²) >= 11 is 5.77. The Balaban J connectivity index is 2.08. The van der Waals surface area contributed by atoms with Crippen LogP contribution < -0.4 is 5.32 Å². The number of benzene rings is 1. The van der Waals surface area contributed by atoms with Crippen molar-refractivity contribution in [2.45, 2.75) is 45.6 Å². The monoisotopic (exact) mass is 255 g/mol. The standard InChI is InChI=1S/C14H19ClFN/c1-14(2)8-4-5-10(9-14)17-12-7-3-6-11(15)13(12)16/h3,6-7,10,17H,4-5,8-9H2,1-2H3. The Kier molecular flexibility index (Phi) is 3.62. The lowest BCUT2D eigenvalue weighted by Crippen LogP contribution is -2.32. The minimum atomic E-state index is -0.336. The molecule has 0 radical (unpaired) electrons. The third-order valence-electron chi connectivity index (χ3n) is 3.52. The Hall–Kier alpha value is -0.760. The van der Waals surface area contributed by atoms with Gasteiger partial charge in [-0.15, -0.1) is 0 Å². The van der Waals surface area contributed by atoms with Gasteiger partial charge in [0.05, 0.1) is 10.7 Å². The van der Waals surface area contributed by atoms with E-state index in [1.54, 1.807) is 18.2 Å². The molecule has 1 aromatic carbocycles. The lowest BCUT2D eigenvalue weighted by molar-refractivity contribution is 0.229. The highest BCUT2D eigenvalue weighted by molar-refractivity contribution is 6.31. The molecule has 0 aromatic heterocycles. The highest BCUT2D eigenvalue weighted by Crippen LogP contribution is 2.36. The average Bonchev–Trinajstić information content (AvgIpc) is 2.23. The molecule has 2 rings (SSSR count). The lowest BCUT2D eigenvalue weighted by Gasteiger charge is -2.36. The molecule has 1 N–H and O–H groups in total. The molecule has 1 atom stereocenters. The van der Waals surface area contributed by atoms with Crippen molar-refractivity contribution in [3.8, 4) is 0 Å². The normalized spacial score (nSPS) is 23.4. The van der Waals surface area contributed by atoms with E-state index in [-0.39, 0.29) is 10.8 Å². The van der Waals surface area contributed by atoms with Crippen LogP contribution in [0, 0.1) is 11.2 Å². The summed E-state index contributed by atoms with van der Waals surface area (Å²) < 4.78 is 13.8. The summed E-state index contributed by atoms with van der Waals surface area (Å²) in [6, 6.07) is 5.46. The first kappa shape index (κ1) is 12.7. The molecule has 1 aromatic rings. The van der Waals surface area contributed by atoms with Crippen molar-refractivity contribution in [3.63, 3.8) is 0 Å². The highest BCUT2D eigenvalue weighted by atomic mass is 35.5. The zero-order chi connectivity index (χ0) is 12.5. The molecule has 1 aliphatic carbocycles. The van der Waals surface area contributed by atoms with Crippen molar-refractivity contribution in [2.24, 2.45) is 5.41 Å². The zero-order valence-electron chi connectivity index (χ0n) is 10.4. The summed E-state index contributed by atoms with van der Waals surface area (Å²) in [6.45, 7) is 4.55. The third kappa shape index (κ3) is 3.12. The quantitative estimate of drug-likeness (QED) is 0.796. The molecule has 3 heteroatoms. The molecule has 0 heterocycles. The average molecular weight is 256 g/mol. The zero-order valence-corrected chi connectivity index (χ0v) is 11.1. The number of anilines is 1. The molecule has 1 unspecified atom stereocenters. The summed E-state index contributed by atoms with van der Waals surface area (Å²) in [6.07, 6.45) is 4.64. The molecule has 94 valence electrons. The fourth-order valence-electron chi connectivity index (χ4n) is 2.66. The van der Waals surface area contributed by atoms with Gasteiger partial charge < -0.3 is 5.32 Å². The van der Waals surface area contributed by atoms with Crippen LogP contribution in [0.15, 0.2) is 18.2 Å². The van der Waals surface area contributed by atoms with Gasteiger partial charge in [0, 0.05) is 6.04 Å². The van der Waals surface area contributed by atoms with Crippen LogP contribution in [-0.2, 0) is 0 Å². The van der Waals surface area contributed by atoms with E-state index in [1.165, 1.54) is 12.8 Å². The van der Waals surface area contributed by atoms with E-state index in [4.69, 9.17) is 11.6 Å². The molecular weight excluding hydrogens is 237 g/mol. The van der Waals surface area contributed by atoms with E-state index in [1.807, 2.05) is 0 Å². The Labute approximate surface area is 107 Å². The third-order valence-corrected chi connectivity index (χ3v) is 3.81. The van der Waals surface area contributed by atoms with Crippen LogP contribution in [0.2, 0.25) is 5.02 Å². The Morgan fingerprint density at radius 3 is 2.88 bits per heavy atom. The van der Waals surface area contributed by atoms with Crippen molar-refractivity contribution < 1.29 is 4.39 Å². The Morgan fingerprint density at radius 2 is 2.18 bits per heavy atom. The summed E-state index contributed by atoms with van der Waals surface area (Å²) in [5.41, 5.74) is 0.880. The number of rotatable bonds is 2. The second-order valence-electron chi connectivity index (χ2n) is 5.70. The van der Waals surface area contributed by atoms with Gasteiger partial charge in [0.15, 0.2) is 5.82 Å². The van der Waals surface area contributed by atoms with E-state index in [0.717, 1.165) is 12.8 Å². The summed E-state index contributed by atoms with van der Waals surface area (Å²) in [4.78, 5) is 0. The second-order valence-corrected chi connectivity index (χ2v) is 6.11. The van der Waals surface area contributed by atoms with Gasteiger partial charge in [0.25, 0.3) is 0 Å². The molecule has 0 spiro atoms. The minimum absolute atomic E-state index is 0.185. The SMILES string of the molecule is CC1(C)CCCC(Nc2cccc(Cl)c2F)C1. The van der Waals surface area contributed by atoms with Crippen molar-refractivity contribution in [1.29, 1.82) is 0 Å². The van der Waals surface area contributed by atoms with Gasteiger partial charge in [-0.1, -0.05) is 37.9 Å². The first-order valence-corrected chi connectivity index (χ1v) is 6.56. The van der Waals surface area contributed by atoms with Gasteiger partial charge in [0.2, 0.25) is 0 Å². The van der Waals surface area contributed by atoms with E-state index < -0.39 is 0 Å². The molecule has 0 saturated heterocycles. The molecule has 0 aliphatic heterocycles. The van der Waals surface area contributed by atoms with Crippen LogP contribution in [0.5, 0.6) is 0 Å². The largest absolute Gasteiger partial charge is 0.380 e. The summed E-state index contributed by atoms with van der Waals surface area (Å²) in [7, 11) is 0. The molecule has 17 heavy (non-hydrogen) atoms. The topological polar surface area (TPSA) is 12.0 Å². The van der Waals surface area contributed by atoms with E-state index >= 15 is 0 Å². The molecule has 1 aliphatic rings. The van der Waals surface area contributed by atoms with Crippen LogP contribution in [-0.4, -0.2) is 6.04 Å². The minimum Gasteiger partial charge on any atom is -0.380 e. The predicted octanol–water partition coefficient (Wildman–Crippen LogP) is 4.86. The van der Waals surface area contributed by atoms with Gasteiger partial charge in [-0.25, -0.2) is 4.39 Å². The van der Waals surface area contributed by atoms with Gasteiger partial charge >= 0.3 is 0 Å². The van der Waals surface area contributed by atoms with Crippen molar-refractivity contribution >= 4 is 17.3 Å². The molecule has 0 amide bonds. The molecule has 1 fully saturated rings. The molecule has 1 nitrogen and oxygen atoms in total. The first-order chi connectivity index (χ1) is 7.98. The molecule has 1 saturated carbocycles. The van der Waals surface area contributed by atoms with Gasteiger partial charge in [-0.05, 0) is 36.8 Å². The van der Waals surface area contributed by atoms with Crippen LogP contribution in [0.3, 0.4) is 0 Å². The fourth-order valence-corrected chi connectivity index (χ4v) is 2.83. The fraction of sp³-hybridized carbons (Fsp3) is 0.571. The van der Waals surface area contributed by atoms with E-state index in [9.17, 15) is 4.39 Å². The van der Waals surface area contributed by atoms with Crippen LogP contribution >= 0.6 is 11.6 Å². The van der Waals surface area contributed by atoms with Crippen LogP contribution in [0.1, 0.15) is 39.5 Å². The second kappa shape index (κ2) is 4.85. The van der Waals surface area contributed by atoms with Crippen molar-refractivity contribution in [1.82, 2.24) is 0 Å². The predicted molar refractivity (Wildman–Crippen MR) is 71.1 cm³/mol. The Bertz CT molecular complexity index is 403. The number of nitrogens with one attached hydrogen (secondary N) is 1. The Morgan fingerprint density at radius 1 is 1.41 bits per heavy atom. The highest BCUT2D eigenvalue weighted by Gasteiger charge is 2.28. The summed E-state index contributed by atoms with van der Waals surface area (Å²) in [5, 5.41) is 3.47. The summed E-state index contributed by atoms with van der Waals surface area (Å²) in [5.74, 6) is -0.336. The number of hydrogen-bond donors (Lipinski definition) is 1. The van der Waals surface area contributed by atoms with Crippen LogP contribution in [0.4, 0.5) is 10.1 Å². The van der Waals surface area contributed by atoms with E-state index in [0.29, 0.717) is 17.1 Å². The maximum Gasteiger partial charge on any atom is 0.164 e. The smallest absolute Gasteiger partial charge is 0.164 e. The van der Waals surface area contributed by atoms with Crippen molar-refractivity contribution in [2.75, 3.05) is 5.32 Å².